The van der Waals surface area contributed by atoms with E-state index in [0.717, 1.165) is 0 Å². The molecule has 0 aliphatic carbocycles. The van der Waals surface area contributed by atoms with Gasteiger partial charge in [-0.05, 0) is 26.0 Å². The quantitative estimate of drug-likeness (QED) is 0.805. The van der Waals surface area contributed by atoms with Crippen LogP contribution in [0.4, 0.5) is 5.69 Å². The molecule has 0 spiro atoms. The fourth-order valence-corrected chi connectivity index (χ4v) is 2.08. The summed E-state index contributed by atoms with van der Waals surface area (Å²) in [4.78, 5) is 3.94. The Morgan fingerprint density at radius 3 is 2.69 bits per heavy atom. The van der Waals surface area contributed by atoms with Gasteiger partial charge in [0.15, 0.2) is 5.58 Å². The summed E-state index contributed by atoms with van der Waals surface area (Å²) in [5.74, 6) is 0. The molecule has 0 unspecified atom stereocenters. The Morgan fingerprint density at radius 2 is 2.06 bits per heavy atom. The first-order valence-corrected chi connectivity index (χ1v) is 6.36. The first kappa shape index (κ1) is 10.9. The SMILES string of the molecule is CC(C)S(=O)(=O)c1nc2ccc(N)cc2o1. The van der Waals surface area contributed by atoms with Crippen molar-refractivity contribution in [1.29, 1.82) is 0 Å². The maximum atomic E-state index is 11.8. The van der Waals surface area contributed by atoms with E-state index in [9.17, 15) is 8.42 Å². The van der Waals surface area contributed by atoms with E-state index < -0.39 is 15.1 Å². The molecule has 0 aliphatic heterocycles. The summed E-state index contributed by atoms with van der Waals surface area (Å²) >= 11 is 0. The van der Waals surface area contributed by atoms with Gasteiger partial charge in [0, 0.05) is 11.8 Å². The molecule has 0 saturated carbocycles. The molecular formula is C10H12N2O3S. The van der Waals surface area contributed by atoms with Gasteiger partial charge in [-0.25, -0.2) is 8.42 Å². The van der Waals surface area contributed by atoms with Crippen LogP contribution in [0, 0.1) is 0 Å². The highest BCUT2D eigenvalue weighted by Crippen LogP contribution is 2.23. The average molecular weight is 240 g/mol. The van der Waals surface area contributed by atoms with E-state index in [2.05, 4.69) is 4.98 Å². The smallest absolute Gasteiger partial charge is 0.316 e. The van der Waals surface area contributed by atoms with Crippen molar-refractivity contribution in [3.05, 3.63) is 18.2 Å². The zero-order chi connectivity index (χ0) is 11.9. The van der Waals surface area contributed by atoms with E-state index in [1.54, 1.807) is 32.0 Å². The minimum Gasteiger partial charge on any atom is -0.428 e. The van der Waals surface area contributed by atoms with Gasteiger partial charge in [0.2, 0.25) is 9.84 Å². The van der Waals surface area contributed by atoms with Crippen LogP contribution < -0.4 is 5.73 Å². The Kier molecular flexibility index (Phi) is 2.38. The highest BCUT2D eigenvalue weighted by molar-refractivity contribution is 7.91. The molecule has 1 heterocycles. The monoisotopic (exact) mass is 240 g/mol. The van der Waals surface area contributed by atoms with Crippen LogP contribution in [0.5, 0.6) is 0 Å². The molecule has 0 amide bonds. The van der Waals surface area contributed by atoms with E-state index in [1.807, 2.05) is 0 Å². The Bertz CT molecular complexity index is 629. The Balaban J connectivity index is 2.65. The van der Waals surface area contributed by atoms with E-state index in [4.69, 9.17) is 10.2 Å². The standard InChI is InChI=1S/C10H12N2O3S/c1-6(2)16(13,14)10-12-8-4-3-7(11)5-9(8)15-10/h3-6H,11H2,1-2H3. The van der Waals surface area contributed by atoms with Gasteiger partial charge in [0.1, 0.15) is 5.52 Å². The molecule has 1 aromatic heterocycles. The summed E-state index contributed by atoms with van der Waals surface area (Å²) in [6.07, 6.45) is 0. The Labute approximate surface area is 93.2 Å². The highest BCUT2D eigenvalue weighted by atomic mass is 32.2. The van der Waals surface area contributed by atoms with Gasteiger partial charge < -0.3 is 10.2 Å². The summed E-state index contributed by atoms with van der Waals surface area (Å²) in [7, 11) is -3.47. The number of aromatic nitrogens is 1. The van der Waals surface area contributed by atoms with Crippen LogP contribution in [0.3, 0.4) is 0 Å². The maximum Gasteiger partial charge on any atom is 0.316 e. The predicted molar refractivity (Wildman–Crippen MR) is 60.7 cm³/mol. The Morgan fingerprint density at radius 1 is 1.38 bits per heavy atom. The van der Waals surface area contributed by atoms with Crippen molar-refractivity contribution in [2.24, 2.45) is 0 Å². The second-order valence-corrected chi connectivity index (χ2v) is 6.18. The van der Waals surface area contributed by atoms with Gasteiger partial charge in [0.05, 0.1) is 5.25 Å². The molecule has 6 heteroatoms. The number of anilines is 1. The van der Waals surface area contributed by atoms with Crippen LogP contribution in [0.1, 0.15) is 13.8 Å². The van der Waals surface area contributed by atoms with Crippen LogP contribution in [0.25, 0.3) is 11.1 Å². The zero-order valence-electron chi connectivity index (χ0n) is 8.97. The molecule has 1 aromatic carbocycles. The molecule has 2 aromatic rings. The third-order valence-corrected chi connectivity index (χ3v) is 4.16. The summed E-state index contributed by atoms with van der Waals surface area (Å²) in [5, 5.41) is -0.805. The Hall–Kier alpha value is -1.56. The minimum atomic E-state index is -3.47. The van der Waals surface area contributed by atoms with Gasteiger partial charge in [-0.15, -0.1) is 0 Å². The molecule has 2 N–H and O–H groups in total. The molecule has 0 radical (unpaired) electrons. The first-order chi connectivity index (χ1) is 7.41. The average Bonchev–Trinajstić information content (AvgIpc) is 2.60. The van der Waals surface area contributed by atoms with Crippen LogP contribution in [-0.2, 0) is 9.84 Å². The van der Waals surface area contributed by atoms with Crippen molar-refractivity contribution in [3.63, 3.8) is 0 Å². The van der Waals surface area contributed by atoms with Crippen molar-refractivity contribution in [1.82, 2.24) is 4.98 Å². The number of nitrogens with zero attached hydrogens (tertiary/aromatic N) is 1. The van der Waals surface area contributed by atoms with Crippen molar-refractivity contribution < 1.29 is 12.8 Å². The summed E-state index contributed by atoms with van der Waals surface area (Å²) < 4.78 is 28.8. The molecule has 0 fully saturated rings. The fraction of sp³-hybridized carbons (Fsp3) is 0.300. The van der Waals surface area contributed by atoms with Crippen LogP contribution in [-0.4, -0.2) is 18.7 Å². The number of nitrogen functional groups attached to an aromatic ring is 1. The topological polar surface area (TPSA) is 86.2 Å². The van der Waals surface area contributed by atoms with Crippen molar-refractivity contribution in [2.75, 3.05) is 5.73 Å². The van der Waals surface area contributed by atoms with Gasteiger partial charge in [-0.1, -0.05) is 0 Å². The molecule has 16 heavy (non-hydrogen) atoms. The molecule has 0 bridgehead atoms. The van der Waals surface area contributed by atoms with E-state index in [1.165, 1.54) is 0 Å². The third kappa shape index (κ3) is 1.65. The largest absolute Gasteiger partial charge is 0.428 e. The van der Waals surface area contributed by atoms with Crippen molar-refractivity contribution in [3.8, 4) is 0 Å². The summed E-state index contributed by atoms with van der Waals surface area (Å²) in [6.45, 7) is 3.16. The fourth-order valence-electron chi connectivity index (χ4n) is 1.24. The van der Waals surface area contributed by atoms with Gasteiger partial charge in [0.25, 0.3) is 0 Å². The first-order valence-electron chi connectivity index (χ1n) is 4.81. The number of nitrogens with two attached hydrogens (primary N) is 1. The van der Waals surface area contributed by atoms with Gasteiger partial charge in [-0.3, -0.25) is 0 Å². The normalized spacial score (nSPS) is 12.4. The van der Waals surface area contributed by atoms with Gasteiger partial charge in [-0.2, -0.15) is 4.98 Å². The molecular weight excluding hydrogens is 228 g/mol. The number of benzene rings is 1. The molecule has 5 nitrogen and oxygen atoms in total. The van der Waals surface area contributed by atoms with Crippen LogP contribution in [0.2, 0.25) is 0 Å². The molecule has 0 aliphatic rings. The molecule has 86 valence electrons. The van der Waals surface area contributed by atoms with E-state index >= 15 is 0 Å². The lowest BCUT2D eigenvalue weighted by atomic mass is 10.3. The maximum absolute atomic E-state index is 11.8. The van der Waals surface area contributed by atoms with Crippen molar-refractivity contribution >= 4 is 26.6 Å². The highest BCUT2D eigenvalue weighted by Gasteiger charge is 2.25. The molecule has 0 atom stereocenters. The van der Waals surface area contributed by atoms with E-state index in [0.29, 0.717) is 16.8 Å². The minimum absolute atomic E-state index is 0.247. The number of hydrogen-bond donors (Lipinski definition) is 1. The lowest BCUT2D eigenvalue weighted by Gasteiger charge is -2.00. The van der Waals surface area contributed by atoms with Crippen LogP contribution in [0.15, 0.2) is 27.8 Å². The second kappa shape index (κ2) is 3.48. The summed E-state index contributed by atoms with van der Waals surface area (Å²) in [5.41, 5.74) is 6.96. The lowest BCUT2D eigenvalue weighted by molar-refractivity contribution is 0.455. The number of sulfone groups is 1. The van der Waals surface area contributed by atoms with Crippen molar-refractivity contribution in [2.45, 2.75) is 24.3 Å². The predicted octanol–water partition coefficient (Wildman–Crippen LogP) is 1.59. The lowest BCUT2D eigenvalue weighted by Crippen LogP contribution is -2.14. The number of oxazole rings is 1. The zero-order valence-corrected chi connectivity index (χ0v) is 9.78. The summed E-state index contributed by atoms with van der Waals surface area (Å²) in [6, 6.07) is 4.84. The second-order valence-electron chi connectivity index (χ2n) is 3.80. The van der Waals surface area contributed by atoms with E-state index in [-0.39, 0.29) is 5.22 Å². The molecule has 0 saturated heterocycles. The number of fused-ring (bicyclic) bond motifs is 1. The molecule has 2 rings (SSSR count). The van der Waals surface area contributed by atoms with Gasteiger partial charge >= 0.3 is 5.22 Å². The number of hydrogen-bond acceptors (Lipinski definition) is 5. The third-order valence-electron chi connectivity index (χ3n) is 2.26. The van der Waals surface area contributed by atoms with Crippen LogP contribution >= 0.6 is 0 Å². The number of rotatable bonds is 2.